The third-order valence-electron chi connectivity index (χ3n) is 3.77. The van der Waals surface area contributed by atoms with E-state index in [0.29, 0.717) is 30.0 Å². The lowest BCUT2D eigenvalue weighted by Gasteiger charge is -2.27. The maximum Gasteiger partial charge on any atom is 0.239 e. The number of nitrogens with two attached hydrogens (primary N) is 1. The molecule has 0 amide bonds. The Kier molecular flexibility index (Phi) is 7.34. The van der Waals surface area contributed by atoms with Crippen molar-refractivity contribution in [2.45, 2.75) is 47.5 Å². The van der Waals surface area contributed by atoms with Gasteiger partial charge in [-0.25, -0.2) is 0 Å². The number of pyridine rings is 1. The maximum absolute atomic E-state index is 5.96. The van der Waals surface area contributed by atoms with E-state index in [9.17, 15) is 0 Å². The minimum atomic E-state index is 0.460. The number of ether oxygens (including phenoxy) is 1. The number of nitrogens with zero attached hydrogens (tertiary/aromatic N) is 2. The molecule has 0 spiro atoms. The van der Waals surface area contributed by atoms with Gasteiger partial charge in [0.2, 0.25) is 5.88 Å². The summed E-state index contributed by atoms with van der Waals surface area (Å²) in [6.07, 6.45) is 2.39. The Hall–Kier alpha value is -1.45. The van der Waals surface area contributed by atoms with E-state index in [4.69, 9.17) is 10.5 Å². The fourth-order valence-electron chi connectivity index (χ4n) is 2.22. The highest BCUT2D eigenvalue weighted by Crippen LogP contribution is 2.24. The summed E-state index contributed by atoms with van der Waals surface area (Å²) in [6, 6.07) is 3.89. The fraction of sp³-hybridized carbons (Fsp3) is 0.706. The number of hydrogen-bond acceptors (Lipinski definition) is 4. The number of aromatic nitrogens is 1. The number of rotatable bonds is 9. The van der Waals surface area contributed by atoms with E-state index in [2.05, 4.69) is 44.5 Å². The van der Waals surface area contributed by atoms with Gasteiger partial charge < -0.3 is 15.4 Å². The van der Waals surface area contributed by atoms with Crippen LogP contribution in [0, 0.1) is 11.8 Å². The molecular weight excluding hydrogens is 262 g/mol. The largest absolute Gasteiger partial charge is 0.476 e. The van der Waals surface area contributed by atoms with Crippen molar-refractivity contribution in [3.8, 4) is 5.88 Å². The lowest BCUT2D eigenvalue weighted by atomic mass is 10.0. The van der Waals surface area contributed by atoms with Gasteiger partial charge in [0.15, 0.2) is 0 Å². The first kappa shape index (κ1) is 17.6. The molecule has 0 aliphatic carbocycles. The third kappa shape index (κ3) is 5.44. The van der Waals surface area contributed by atoms with Gasteiger partial charge in [-0.05, 0) is 30.9 Å². The van der Waals surface area contributed by atoms with Gasteiger partial charge in [-0.15, -0.1) is 0 Å². The van der Waals surface area contributed by atoms with Crippen LogP contribution in [0.1, 0.15) is 47.5 Å². The molecule has 0 aliphatic heterocycles. The summed E-state index contributed by atoms with van der Waals surface area (Å²) in [4.78, 5) is 6.92. The van der Waals surface area contributed by atoms with Crippen LogP contribution in [0.2, 0.25) is 0 Å². The van der Waals surface area contributed by atoms with E-state index >= 15 is 0 Å². The van der Waals surface area contributed by atoms with E-state index in [0.717, 1.165) is 18.9 Å². The molecule has 0 radical (unpaired) electrons. The molecule has 0 fully saturated rings. The van der Waals surface area contributed by atoms with Crippen molar-refractivity contribution in [2.24, 2.45) is 11.8 Å². The van der Waals surface area contributed by atoms with Crippen molar-refractivity contribution in [3.63, 3.8) is 0 Å². The van der Waals surface area contributed by atoms with Crippen LogP contribution < -0.4 is 15.4 Å². The van der Waals surface area contributed by atoms with Gasteiger partial charge in [0.05, 0.1) is 12.3 Å². The fourth-order valence-corrected chi connectivity index (χ4v) is 2.22. The molecule has 0 atom stereocenters. The second-order valence-electron chi connectivity index (χ2n) is 5.99. The number of hydrogen-bond donors (Lipinski definition) is 1. The van der Waals surface area contributed by atoms with Crippen molar-refractivity contribution in [3.05, 3.63) is 12.1 Å². The summed E-state index contributed by atoms with van der Waals surface area (Å²) in [5, 5.41) is 0. The zero-order chi connectivity index (χ0) is 15.8. The molecule has 0 bridgehead atoms. The lowest BCUT2D eigenvalue weighted by Crippen LogP contribution is -2.29. The van der Waals surface area contributed by atoms with Crippen LogP contribution in [0.25, 0.3) is 0 Å². The molecule has 0 saturated heterocycles. The Bertz CT molecular complexity index is 416. The first-order valence-electron chi connectivity index (χ1n) is 8.15. The highest BCUT2D eigenvalue weighted by molar-refractivity contribution is 5.54. The molecule has 1 aromatic rings. The van der Waals surface area contributed by atoms with Gasteiger partial charge >= 0.3 is 0 Å². The Morgan fingerprint density at radius 2 is 1.86 bits per heavy atom. The maximum atomic E-state index is 5.96. The van der Waals surface area contributed by atoms with Gasteiger partial charge in [-0.1, -0.05) is 40.5 Å². The molecule has 0 aliphatic rings. The monoisotopic (exact) mass is 293 g/mol. The summed E-state index contributed by atoms with van der Waals surface area (Å²) in [5.74, 6) is 2.67. The minimum Gasteiger partial charge on any atom is -0.476 e. The molecule has 21 heavy (non-hydrogen) atoms. The normalized spacial score (nSPS) is 11.2. The zero-order valence-corrected chi connectivity index (χ0v) is 14.2. The van der Waals surface area contributed by atoms with Crippen LogP contribution in [0.5, 0.6) is 5.88 Å². The second kappa shape index (κ2) is 8.75. The summed E-state index contributed by atoms with van der Waals surface area (Å²) in [6.45, 7) is 13.5. The third-order valence-corrected chi connectivity index (χ3v) is 3.77. The van der Waals surface area contributed by atoms with Crippen molar-refractivity contribution < 1.29 is 4.74 Å². The molecule has 0 saturated carbocycles. The molecule has 120 valence electrons. The number of anilines is 2. The highest BCUT2D eigenvalue weighted by Gasteiger charge is 2.14. The predicted octanol–water partition coefficient (Wildman–Crippen LogP) is 3.96. The molecule has 1 heterocycles. The minimum absolute atomic E-state index is 0.460. The van der Waals surface area contributed by atoms with E-state index in [1.165, 1.54) is 12.8 Å². The van der Waals surface area contributed by atoms with Crippen LogP contribution in [0.3, 0.4) is 0 Å². The smallest absolute Gasteiger partial charge is 0.239 e. The van der Waals surface area contributed by atoms with Crippen molar-refractivity contribution >= 4 is 11.5 Å². The lowest BCUT2D eigenvalue weighted by molar-refractivity contribution is 0.263. The summed E-state index contributed by atoms with van der Waals surface area (Å²) in [7, 11) is 0. The Morgan fingerprint density at radius 1 is 1.19 bits per heavy atom. The van der Waals surface area contributed by atoms with Gasteiger partial charge in [0.1, 0.15) is 5.82 Å². The zero-order valence-electron chi connectivity index (χ0n) is 14.2. The Balaban J connectivity index is 2.86. The van der Waals surface area contributed by atoms with Crippen LogP contribution in [-0.2, 0) is 0 Å². The van der Waals surface area contributed by atoms with Gasteiger partial charge in [0.25, 0.3) is 0 Å². The van der Waals surface area contributed by atoms with E-state index < -0.39 is 0 Å². The number of nitrogen functional groups attached to an aromatic ring is 1. The van der Waals surface area contributed by atoms with Crippen LogP contribution >= 0.6 is 0 Å². The summed E-state index contributed by atoms with van der Waals surface area (Å²) in [5.41, 5.74) is 6.57. The van der Waals surface area contributed by atoms with E-state index in [-0.39, 0.29) is 0 Å². The predicted molar refractivity (Wildman–Crippen MR) is 90.9 cm³/mol. The van der Waals surface area contributed by atoms with E-state index in [1.807, 2.05) is 12.1 Å². The molecule has 1 rings (SSSR count). The standard InChI is InChI=1S/C17H31N3O/c1-6-14(7-2)11-20(8-3)16-10-9-15(18)17(19-16)21-12-13(4)5/h9-10,13-14H,6-8,11-12,18H2,1-5H3. The second-order valence-corrected chi connectivity index (χ2v) is 5.99. The van der Waals surface area contributed by atoms with Gasteiger partial charge in [-0.2, -0.15) is 4.98 Å². The van der Waals surface area contributed by atoms with Crippen molar-refractivity contribution in [1.29, 1.82) is 0 Å². The molecule has 0 aromatic carbocycles. The first-order chi connectivity index (χ1) is 10.0. The Labute approximate surface area is 129 Å². The SMILES string of the molecule is CCC(CC)CN(CC)c1ccc(N)c(OCC(C)C)n1. The summed E-state index contributed by atoms with van der Waals surface area (Å²) >= 11 is 0. The average Bonchev–Trinajstić information content (AvgIpc) is 2.48. The molecule has 4 nitrogen and oxygen atoms in total. The van der Waals surface area contributed by atoms with Crippen LogP contribution in [0.15, 0.2) is 12.1 Å². The first-order valence-corrected chi connectivity index (χ1v) is 8.15. The molecule has 1 aromatic heterocycles. The van der Waals surface area contributed by atoms with Gasteiger partial charge in [0, 0.05) is 13.1 Å². The van der Waals surface area contributed by atoms with Gasteiger partial charge in [-0.3, -0.25) is 0 Å². The quantitative estimate of drug-likeness (QED) is 0.748. The molecule has 2 N–H and O–H groups in total. The van der Waals surface area contributed by atoms with Crippen molar-refractivity contribution in [1.82, 2.24) is 4.98 Å². The average molecular weight is 293 g/mol. The van der Waals surface area contributed by atoms with Crippen LogP contribution in [0.4, 0.5) is 11.5 Å². The summed E-state index contributed by atoms with van der Waals surface area (Å²) < 4.78 is 5.73. The molecule has 4 heteroatoms. The highest BCUT2D eigenvalue weighted by atomic mass is 16.5. The molecular formula is C17H31N3O. The Morgan fingerprint density at radius 3 is 2.38 bits per heavy atom. The molecule has 0 unspecified atom stereocenters. The topological polar surface area (TPSA) is 51.4 Å². The van der Waals surface area contributed by atoms with Crippen LogP contribution in [-0.4, -0.2) is 24.7 Å². The van der Waals surface area contributed by atoms with Crippen molar-refractivity contribution in [2.75, 3.05) is 30.3 Å². The van der Waals surface area contributed by atoms with E-state index in [1.54, 1.807) is 0 Å².